The van der Waals surface area contributed by atoms with Gasteiger partial charge >= 0.3 is 0 Å². The first-order valence-electron chi connectivity index (χ1n) is 9.62. The number of hydrogen-bond acceptors (Lipinski definition) is 4. The zero-order valence-electron chi connectivity index (χ0n) is 17.0. The molecular formula is C23H26N2O4. The fraction of sp³-hybridized carbons (Fsp3) is 0.304. The van der Waals surface area contributed by atoms with Gasteiger partial charge in [0.05, 0.1) is 20.3 Å². The number of benzene rings is 2. The molecule has 1 fully saturated rings. The van der Waals surface area contributed by atoms with E-state index in [1.54, 1.807) is 25.2 Å². The summed E-state index contributed by atoms with van der Waals surface area (Å²) in [5.74, 6) is 1.35. The smallest absolute Gasteiger partial charge is 0.244 e. The van der Waals surface area contributed by atoms with E-state index in [9.17, 15) is 9.59 Å². The minimum Gasteiger partial charge on any atom is -0.497 e. The largest absolute Gasteiger partial charge is 0.497 e. The van der Waals surface area contributed by atoms with Crippen molar-refractivity contribution in [3.8, 4) is 11.5 Å². The highest BCUT2D eigenvalue weighted by atomic mass is 16.5. The predicted octanol–water partition coefficient (Wildman–Crippen LogP) is 3.72. The van der Waals surface area contributed by atoms with Gasteiger partial charge in [0, 0.05) is 30.3 Å². The van der Waals surface area contributed by atoms with Gasteiger partial charge in [0.25, 0.3) is 0 Å². The monoisotopic (exact) mass is 394 g/mol. The SMILES string of the molecule is COc1ccc(OC)c(C(C)NC(=O)/C=C/c2ccc(N3CCCC3=O)cc2)c1. The van der Waals surface area contributed by atoms with Crippen LogP contribution >= 0.6 is 0 Å². The number of hydrogen-bond donors (Lipinski definition) is 1. The lowest BCUT2D eigenvalue weighted by molar-refractivity contribution is -0.117. The van der Waals surface area contributed by atoms with E-state index in [2.05, 4.69) is 5.32 Å². The minimum absolute atomic E-state index is 0.162. The second-order valence-electron chi connectivity index (χ2n) is 6.91. The summed E-state index contributed by atoms with van der Waals surface area (Å²) in [5.41, 5.74) is 2.63. The van der Waals surface area contributed by atoms with Crippen molar-refractivity contribution in [3.05, 3.63) is 59.7 Å². The Balaban J connectivity index is 1.63. The molecule has 1 N–H and O–H groups in total. The zero-order chi connectivity index (χ0) is 20.8. The molecule has 2 amide bonds. The molecule has 3 rings (SSSR count). The van der Waals surface area contributed by atoms with Gasteiger partial charge < -0.3 is 19.7 Å². The van der Waals surface area contributed by atoms with Crippen molar-refractivity contribution < 1.29 is 19.1 Å². The van der Waals surface area contributed by atoms with E-state index in [-0.39, 0.29) is 17.9 Å². The van der Waals surface area contributed by atoms with Gasteiger partial charge in [-0.15, -0.1) is 0 Å². The molecule has 1 atom stereocenters. The van der Waals surface area contributed by atoms with E-state index in [1.807, 2.05) is 49.4 Å². The maximum Gasteiger partial charge on any atom is 0.244 e. The Morgan fingerprint density at radius 3 is 2.52 bits per heavy atom. The maximum absolute atomic E-state index is 12.4. The van der Waals surface area contributed by atoms with Gasteiger partial charge in [-0.3, -0.25) is 9.59 Å². The van der Waals surface area contributed by atoms with Gasteiger partial charge in [-0.05, 0) is 55.3 Å². The highest BCUT2D eigenvalue weighted by Gasteiger charge is 2.21. The summed E-state index contributed by atoms with van der Waals surface area (Å²) in [4.78, 5) is 26.0. The van der Waals surface area contributed by atoms with Crippen molar-refractivity contribution in [1.29, 1.82) is 0 Å². The van der Waals surface area contributed by atoms with Crippen molar-refractivity contribution in [2.75, 3.05) is 25.7 Å². The molecule has 0 bridgehead atoms. The molecule has 29 heavy (non-hydrogen) atoms. The van der Waals surface area contributed by atoms with Crippen LogP contribution in [0.2, 0.25) is 0 Å². The molecule has 0 radical (unpaired) electrons. The average molecular weight is 394 g/mol. The van der Waals surface area contributed by atoms with Gasteiger partial charge in [-0.2, -0.15) is 0 Å². The first-order chi connectivity index (χ1) is 14.0. The standard InChI is InChI=1S/C23H26N2O4/c1-16(20-15-19(28-2)11-12-21(20)29-3)24-22(26)13-8-17-6-9-18(10-7-17)25-14-4-5-23(25)27/h6-13,15-16H,4-5,14H2,1-3H3,(H,24,26)/b13-8+. The summed E-state index contributed by atoms with van der Waals surface area (Å²) in [7, 11) is 3.20. The van der Waals surface area contributed by atoms with Crippen LogP contribution < -0.4 is 19.7 Å². The number of ether oxygens (including phenoxy) is 2. The summed E-state index contributed by atoms with van der Waals surface area (Å²) in [5, 5.41) is 2.94. The van der Waals surface area contributed by atoms with Gasteiger partial charge in [0.15, 0.2) is 0 Å². The molecule has 1 heterocycles. The second kappa shape index (κ2) is 9.28. The van der Waals surface area contributed by atoms with Crippen LogP contribution in [0.25, 0.3) is 6.08 Å². The molecule has 0 aromatic heterocycles. The van der Waals surface area contributed by atoms with Gasteiger partial charge in [-0.1, -0.05) is 12.1 Å². The Morgan fingerprint density at radius 1 is 1.14 bits per heavy atom. The molecule has 0 saturated carbocycles. The third-order valence-corrected chi connectivity index (χ3v) is 4.97. The van der Waals surface area contributed by atoms with Gasteiger partial charge in [-0.25, -0.2) is 0 Å². The molecule has 1 aliphatic rings. The summed E-state index contributed by atoms with van der Waals surface area (Å²) in [6, 6.07) is 12.9. The predicted molar refractivity (Wildman–Crippen MR) is 113 cm³/mol. The van der Waals surface area contributed by atoms with Crippen molar-refractivity contribution in [2.45, 2.75) is 25.8 Å². The quantitative estimate of drug-likeness (QED) is 0.727. The van der Waals surface area contributed by atoms with Crippen LogP contribution in [0.3, 0.4) is 0 Å². The number of nitrogens with one attached hydrogen (secondary N) is 1. The van der Waals surface area contributed by atoms with Crippen LogP contribution in [-0.2, 0) is 9.59 Å². The van der Waals surface area contributed by atoms with E-state index < -0.39 is 0 Å². The van der Waals surface area contributed by atoms with Crippen molar-refractivity contribution in [1.82, 2.24) is 5.32 Å². The number of anilines is 1. The third-order valence-electron chi connectivity index (χ3n) is 4.97. The second-order valence-corrected chi connectivity index (χ2v) is 6.91. The Kier molecular flexibility index (Phi) is 6.54. The lowest BCUT2D eigenvalue weighted by Gasteiger charge is -2.17. The molecule has 2 aromatic rings. The van der Waals surface area contributed by atoms with Crippen molar-refractivity contribution in [2.24, 2.45) is 0 Å². The maximum atomic E-state index is 12.4. The van der Waals surface area contributed by atoms with Crippen LogP contribution in [0, 0.1) is 0 Å². The fourth-order valence-electron chi connectivity index (χ4n) is 3.38. The highest BCUT2D eigenvalue weighted by molar-refractivity contribution is 5.95. The van der Waals surface area contributed by atoms with Crippen LogP contribution in [0.1, 0.15) is 36.9 Å². The summed E-state index contributed by atoms with van der Waals surface area (Å²) in [6.45, 7) is 2.66. The van der Waals surface area contributed by atoms with Gasteiger partial charge in [0.2, 0.25) is 11.8 Å². The molecule has 6 nitrogen and oxygen atoms in total. The van der Waals surface area contributed by atoms with Crippen LogP contribution in [0.5, 0.6) is 11.5 Å². The molecule has 6 heteroatoms. The van der Waals surface area contributed by atoms with E-state index in [0.29, 0.717) is 17.9 Å². The summed E-state index contributed by atoms with van der Waals surface area (Å²) < 4.78 is 10.6. The van der Waals surface area contributed by atoms with Gasteiger partial charge in [0.1, 0.15) is 11.5 Å². The number of amides is 2. The Labute approximate surface area is 171 Å². The lowest BCUT2D eigenvalue weighted by Crippen LogP contribution is -2.25. The van der Waals surface area contributed by atoms with E-state index in [0.717, 1.165) is 29.8 Å². The molecule has 0 spiro atoms. The topological polar surface area (TPSA) is 67.9 Å². The highest BCUT2D eigenvalue weighted by Crippen LogP contribution is 2.29. The number of carbonyl (C=O) groups excluding carboxylic acids is 2. The van der Waals surface area contributed by atoms with Crippen LogP contribution in [-0.4, -0.2) is 32.6 Å². The van der Waals surface area contributed by atoms with Crippen molar-refractivity contribution in [3.63, 3.8) is 0 Å². The number of carbonyl (C=O) groups is 2. The zero-order valence-corrected chi connectivity index (χ0v) is 17.0. The van der Waals surface area contributed by atoms with E-state index in [4.69, 9.17) is 9.47 Å². The molecule has 0 aliphatic carbocycles. The minimum atomic E-state index is -0.249. The van der Waals surface area contributed by atoms with E-state index >= 15 is 0 Å². The van der Waals surface area contributed by atoms with Crippen molar-refractivity contribution >= 4 is 23.6 Å². The average Bonchev–Trinajstić information content (AvgIpc) is 3.17. The molecular weight excluding hydrogens is 368 g/mol. The number of nitrogens with zero attached hydrogens (tertiary/aromatic N) is 1. The van der Waals surface area contributed by atoms with Crippen LogP contribution in [0.15, 0.2) is 48.5 Å². The molecule has 1 unspecified atom stereocenters. The summed E-state index contributed by atoms with van der Waals surface area (Å²) in [6.07, 6.45) is 4.76. The number of rotatable bonds is 7. The normalized spacial score (nSPS) is 14.9. The Bertz CT molecular complexity index is 906. The number of methoxy groups -OCH3 is 2. The molecule has 1 aliphatic heterocycles. The van der Waals surface area contributed by atoms with Crippen LogP contribution in [0.4, 0.5) is 5.69 Å². The fourth-order valence-corrected chi connectivity index (χ4v) is 3.38. The third kappa shape index (κ3) is 4.96. The molecule has 152 valence electrons. The molecule has 2 aromatic carbocycles. The first kappa shape index (κ1) is 20.5. The lowest BCUT2D eigenvalue weighted by atomic mass is 10.1. The Morgan fingerprint density at radius 2 is 1.90 bits per heavy atom. The first-order valence-corrected chi connectivity index (χ1v) is 9.62. The summed E-state index contributed by atoms with van der Waals surface area (Å²) >= 11 is 0. The molecule has 1 saturated heterocycles. The van der Waals surface area contributed by atoms with E-state index in [1.165, 1.54) is 6.08 Å². The Hall–Kier alpha value is -3.28.